The molecule has 0 bridgehead atoms. The van der Waals surface area contributed by atoms with Crippen molar-refractivity contribution >= 4 is 40.1 Å². The second-order valence-electron chi connectivity index (χ2n) is 11.0. The Morgan fingerprint density at radius 3 is 1.35 bits per heavy atom. The number of hydrogen-bond acceptors (Lipinski definition) is 5. The zero-order chi connectivity index (χ0) is 28.8. The standard InChI is InChI=1S/C38H35N3O2/c1-3-7-29(8-4-1)38(30-9-5-2-6-10-30)23-28-11-17-33(18-12-28)41(34-19-13-31(14-20-34)39-24-36-26-42-36)35-21-15-32(16-22-35)40-25-37-27-43-37/h1-23,36-37,39-40H,24-27H2. The number of hydrogen-bond donors (Lipinski definition) is 2. The summed E-state index contributed by atoms with van der Waals surface area (Å²) in [4.78, 5) is 2.30. The maximum atomic E-state index is 5.35. The third-order valence-corrected chi connectivity index (χ3v) is 7.76. The van der Waals surface area contributed by atoms with E-state index in [0.29, 0.717) is 12.2 Å². The molecular weight excluding hydrogens is 530 g/mol. The lowest BCUT2D eigenvalue weighted by Gasteiger charge is -2.26. The third kappa shape index (κ3) is 6.97. The van der Waals surface area contributed by atoms with Gasteiger partial charge in [-0.25, -0.2) is 0 Å². The van der Waals surface area contributed by atoms with E-state index in [-0.39, 0.29) is 0 Å². The molecule has 5 aromatic carbocycles. The largest absolute Gasteiger partial charge is 0.382 e. The topological polar surface area (TPSA) is 52.4 Å². The van der Waals surface area contributed by atoms with Crippen LogP contribution in [0.4, 0.5) is 28.4 Å². The Kier molecular flexibility index (Phi) is 7.90. The monoisotopic (exact) mass is 565 g/mol. The number of ether oxygens (including phenoxy) is 2. The molecule has 2 aliphatic rings. The van der Waals surface area contributed by atoms with Crippen molar-refractivity contribution in [3.8, 4) is 0 Å². The molecule has 2 aliphatic heterocycles. The second-order valence-corrected chi connectivity index (χ2v) is 11.0. The van der Waals surface area contributed by atoms with Crippen LogP contribution in [0, 0.1) is 0 Å². The fourth-order valence-electron chi connectivity index (χ4n) is 5.19. The highest BCUT2D eigenvalue weighted by Crippen LogP contribution is 2.36. The zero-order valence-corrected chi connectivity index (χ0v) is 24.0. The highest BCUT2D eigenvalue weighted by Gasteiger charge is 2.22. The molecule has 0 aromatic heterocycles. The van der Waals surface area contributed by atoms with Crippen LogP contribution in [0.3, 0.4) is 0 Å². The number of nitrogens with zero attached hydrogens (tertiary/aromatic N) is 1. The van der Waals surface area contributed by atoms with E-state index in [2.05, 4.69) is 155 Å². The maximum Gasteiger partial charge on any atom is 0.0981 e. The summed E-state index contributed by atoms with van der Waals surface area (Å²) in [6.07, 6.45) is 2.95. The first-order valence-electron chi connectivity index (χ1n) is 14.9. The molecule has 5 nitrogen and oxygen atoms in total. The first-order valence-corrected chi connectivity index (χ1v) is 14.9. The molecule has 0 saturated carbocycles. The van der Waals surface area contributed by atoms with Crippen LogP contribution in [-0.2, 0) is 9.47 Å². The van der Waals surface area contributed by atoms with E-state index in [1.165, 1.54) is 16.7 Å². The quantitative estimate of drug-likeness (QED) is 0.118. The molecule has 5 heteroatoms. The summed E-state index contributed by atoms with van der Waals surface area (Å²) in [5, 5.41) is 6.94. The van der Waals surface area contributed by atoms with E-state index in [1.54, 1.807) is 0 Å². The molecule has 0 aliphatic carbocycles. The van der Waals surface area contributed by atoms with Gasteiger partial charge in [0.15, 0.2) is 0 Å². The predicted molar refractivity (Wildman–Crippen MR) is 177 cm³/mol. The number of nitrogens with one attached hydrogen (secondary N) is 2. The van der Waals surface area contributed by atoms with Crippen molar-refractivity contribution in [2.75, 3.05) is 41.8 Å². The van der Waals surface area contributed by atoms with Gasteiger partial charge in [0.2, 0.25) is 0 Å². The summed E-state index contributed by atoms with van der Waals surface area (Å²) in [6.45, 7) is 3.38. The molecular formula is C38H35N3O2. The van der Waals surface area contributed by atoms with Gasteiger partial charge in [-0.3, -0.25) is 0 Å². The molecule has 2 atom stereocenters. The number of rotatable bonds is 12. The molecule has 2 heterocycles. The van der Waals surface area contributed by atoms with Crippen molar-refractivity contribution < 1.29 is 9.47 Å². The Morgan fingerprint density at radius 2 is 0.953 bits per heavy atom. The van der Waals surface area contributed by atoms with Crippen LogP contribution in [0.1, 0.15) is 16.7 Å². The summed E-state index contributed by atoms with van der Waals surface area (Å²) in [6, 6.07) is 47.2. The average Bonchev–Trinajstić information content (AvgIpc) is 4.01. The number of benzene rings is 5. The summed E-state index contributed by atoms with van der Waals surface area (Å²) in [5.74, 6) is 0. The van der Waals surface area contributed by atoms with Gasteiger partial charge >= 0.3 is 0 Å². The van der Waals surface area contributed by atoms with Crippen molar-refractivity contribution in [1.82, 2.24) is 0 Å². The van der Waals surface area contributed by atoms with Gasteiger partial charge in [0, 0.05) is 41.5 Å². The molecule has 214 valence electrons. The minimum atomic E-state index is 0.339. The predicted octanol–water partition coefficient (Wildman–Crippen LogP) is 8.37. The molecule has 43 heavy (non-hydrogen) atoms. The summed E-state index contributed by atoms with van der Waals surface area (Å²) < 4.78 is 10.7. The van der Waals surface area contributed by atoms with Gasteiger partial charge in [-0.15, -0.1) is 0 Å². The fourth-order valence-corrected chi connectivity index (χ4v) is 5.19. The van der Waals surface area contributed by atoms with Crippen LogP contribution >= 0.6 is 0 Å². The van der Waals surface area contributed by atoms with Gasteiger partial charge in [-0.1, -0.05) is 72.8 Å². The van der Waals surface area contributed by atoms with Crippen LogP contribution in [0.25, 0.3) is 11.6 Å². The zero-order valence-electron chi connectivity index (χ0n) is 24.0. The molecule has 2 unspecified atom stereocenters. The van der Waals surface area contributed by atoms with Crippen molar-refractivity contribution in [2.45, 2.75) is 12.2 Å². The van der Waals surface area contributed by atoms with E-state index in [0.717, 1.165) is 60.3 Å². The van der Waals surface area contributed by atoms with Gasteiger partial charge in [-0.2, -0.15) is 0 Å². The molecule has 0 amide bonds. The molecule has 2 saturated heterocycles. The summed E-state index contributed by atoms with van der Waals surface area (Å²) in [7, 11) is 0. The Hall–Kier alpha value is -4.84. The normalized spacial score (nSPS) is 16.7. The first-order chi connectivity index (χ1) is 21.3. The van der Waals surface area contributed by atoms with E-state index in [1.807, 2.05) is 0 Å². The summed E-state index contributed by atoms with van der Waals surface area (Å²) in [5.41, 5.74) is 10.2. The van der Waals surface area contributed by atoms with Gasteiger partial charge in [0.05, 0.1) is 25.4 Å². The lowest BCUT2D eigenvalue weighted by molar-refractivity contribution is 0.416. The molecule has 2 fully saturated rings. The van der Waals surface area contributed by atoms with Crippen LogP contribution in [0.2, 0.25) is 0 Å². The van der Waals surface area contributed by atoms with E-state index < -0.39 is 0 Å². The minimum Gasteiger partial charge on any atom is -0.382 e. The molecule has 7 rings (SSSR count). The highest BCUT2D eigenvalue weighted by molar-refractivity contribution is 5.91. The second kappa shape index (κ2) is 12.6. The Morgan fingerprint density at radius 1 is 0.558 bits per heavy atom. The number of epoxide rings is 2. The Balaban J connectivity index is 1.19. The van der Waals surface area contributed by atoms with Crippen molar-refractivity contribution in [2.24, 2.45) is 0 Å². The smallest absolute Gasteiger partial charge is 0.0981 e. The van der Waals surface area contributed by atoms with Crippen LogP contribution in [0.5, 0.6) is 0 Å². The molecule has 0 spiro atoms. The van der Waals surface area contributed by atoms with Crippen LogP contribution in [-0.4, -0.2) is 38.5 Å². The highest BCUT2D eigenvalue weighted by atomic mass is 16.6. The third-order valence-electron chi connectivity index (χ3n) is 7.76. The van der Waals surface area contributed by atoms with Crippen LogP contribution in [0.15, 0.2) is 133 Å². The Bertz CT molecular complexity index is 1540. The lowest BCUT2D eigenvalue weighted by atomic mass is 9.95. The molecule has 0 radical (unpaired) electrons. The van der Waals surface area contributed by atoms with E-state index in [4.69, 9.17) is 9.47 Å². The van der Waals surface area contributed by atoms with Gasteiger partial charge in [0.25, 0.3) is 0 Å². The maximum absolute atomic E-state index is 5.35. The number of anilines is 5. The van der Waals surface area contributed by atoms with Crippen molar-refractivity contribution in [3.63, 3.8) is 0 Å². The first kappa shape index (κ1) is 27.0. The molecule has 2 N–H and O–H groups in total. The van der Waals surface area contributed by atoms with E-state index >= 15 is 0 Å². The van der Waals surface area contributed by atoms with Crippen LogP contribution < -0.4 is 15.5 Å². The Labute approximate surface area is 253 Å². The minimum absolute atomic E-state index is 0.339. The average molecular weight is 566 g/mol. The van der Waals surface area contributed by atoms with Gasteiger partial charge in [-0.05, 0) is 89.0 Å². The SMILES string of the molecule is C(=C(c1ccccc1)c1ccccc1)c1ccc(N(c2ccc(NCC3CO3)cc2)c2ccc(NCC3CO3)cc2)cc1. The molecule has 5 aromatic rings. The van der Waals surface area contributed by atoms with Gasteiger partial charge in [0.1, 0.15) is 0 Å². The summed E-state index contributed by atoms with van der Waals surface area (Å²) >= 11 is 0. The van der Waals surface area contributed by atoms with Gasteiger partial charge < -0.3 is 25.0 Å². The van der Waals surface area contributed by atoms with E-state index in [9.17, 15) is 0 Å². The van der Waals surface area contributed by atoms with Crippen molar-refractivity contribution in [3.05, 3.63) is 150 Å². The van der Waals surface area contributed by atoms with Crippen molar-refractivity contribution in [1.29, 1.82) is 0 Å². The lowest BCUT2D eigenvalue weighted by Crippen LogP contribution is -2.11. The fraction of sp³-hybridized carbons (Fsp3) is 0.158.